The van der Waals surface area contributed by atoms with E-state index < -0.39 is 0 Å². The van der Waals surface area contributed by atoms with Gasteiger partial charge < -0.3 is 14.9 Å². The average molecular weight is 329 g/mol. The predicted molar refractivity (Wildman–Crippen MR) is 96.3 cm³/mol. The zero-order chi connectivity index (χ0) is 17.4. The molecule has 0 saturated heterocycles. The number of carbonyl (C=O) groups excluding carboxylic acids is 2. The van der Waals surface area contributed by atoms with Crippen molar-refractivity contribution in [3.63, 3.8) is 0 Å². The number of rotatable bonds is 11. The number of carbonyl (C=O) groups is 2. The highest BCUT2D eigenvalue weighted by molar-refractivity contribution is 5.84. The van der Waals surface area contributed by atoms with Crippen LogP contribution in [-0.4, -0.2) is 21.7 Å². The maximum Gasteiger partial charge on any atom is 0.132 e. The summed E-state index contributed by atoms with van der Waals surface area (Å²) in [5, 5.41) is 10.6. The van der Waals surface area contributed by atoms with E-state index in [4.69, 9.17) is 0 Å². The zero-order valence-electron chi connectivity index (χ0n) is 14.4. The third kappa shape index (κ3) is 5.84. The molecular weight excluding hydrogens is 302 g/mol. The van der Waals surface area contributed by atoms with Crippen LogP contribution in [0, 0.1) is 0 Å². The van der Waals surface area contributed by atoms with Gasteiger partial charge in [0, 0.05) is 36.4 Å². The van der Waals surface area contributed by atoms with Crippen molar-refractivity contribution < 1.29 is 14.7 Å². The van der Waals surface area contributed by atoms with Gasteiger partial charge in [0.05, 0.1) is 0 Å². The lowest BCUT2D eigenvalue weighted by atomic mass is 10.0. The fraction of sp³-hybridized carbons (Fsp3) is 0.500. The molecule has 0 bridgehead atoms. The summed E-state index contributed by atoms with van der Waals surface area (Å²) in [4.78, 5) is 26.0. The predicted octanol–water partition coefficient (Wildman–Crippen LogP) is 4.69. The molecule has 0 unspecified atom stereocenters. The van der Waals surface area contributed by atoms with Crippen LogP contribution in [0.15, 0.2) is 24.4 Å². The van der Waals surface area contributed by atoms with Crippen molar-refractivity contribution in [2.75, 3.05) is 0 Å². The first-order valence-electron chi connectivity index (χ1n) is 8.86. The Morgan fingerprint density at radius 3 is 2.46 bits per heavy atom. The van der Waals surface area contributed by atoms with Crippen molar-refractivity contribution in [1.29, 1.82) is 0 Å². The van der Waals surface area contributed by atoms with Gasteiger partial charge in [0.2, 0.25) is 0 Å². The van der Waals surface area contributed by atoms with Crippen LogP contribution < -0.4 is 0 Å². The van der Waals surface area contributed by atoms with Gasteiger partial charge in [-0.05, 0) is 56.4 Å². The molecule has 4 heteroatoms. The molecular formula is C20H27NO3. The molecule has 0 saturated carbocycles. The highest BCUT2D eigenvalue weighted by Crippen LogP contribution is 2.24. The van der Waals surface area contributed by atoms with Gasteiger partial charge in [-0.3, -0.25) is 4.79 Å². The fourth-order valence-corrected chi connectivity index (χ4v) is 3.02. The van der Waals surface area contributed by atoms with Crippen LogP contribution in [-0.2, 0) is 16.0 Å². The van der Waals surface area contributed by atoms with Crippen LogP contribution >= 0.6 is 0 Å². The molecule has 4 nitrogen and oxygen atoms in total. The summed E-state index contributed by atoms with van der Waals surface area (Å²) in [5.41, 5.74) is 2.16. The van der Waals surface area contributed by atoms with Crippen LogP contribution in [0.2, 0.25) is 0 Å². The summed E-state index contributed by atoms with van der Waals surface area (Å²) in [6.45, 7) is 1.62. The van der Waals surface area contributed by atoms with Gasteiger partial charge in [0.25, 0.3) is 0 Å². The third-order valence-corrected chi connectivity index (χ3v) is 4.39. The maximum atomic E-state index is 11.9. The molecule has 1 aromatic heterocycles. The molecule has 0 atom stereocenters. The standard InChI is InChI=1S/C20H27NO3/c1-15(22)7-4-2-3-5-9-17(23)10-6-8-16-14-21-20-12-11-18(24)13-19(16)20/h11-14,21,24H,2-10H2,1H3. The minimum Gasteiger partial charge on any atom is -0.508 e. The summed E-state index contributed by atoms with van der Waals surface area (Å²) in [7, 11) is 0. The van der Waals surface area contributed by atoms with Crippen LogP contribution in [0.5, 0.6) is 5.75 Å². The van der Waals surface area contributed by atoms with E-state index >= 15 is 0 Å². The number of phenolic OH excluding ortho intramolecular Hbond substituents is 1. The first-order chi connectivity index (χ1) is 11.6. The van der Waals surface area contributed by atoms with E-state index in [1.54, 1.807) is 19.1 Å². The summed E-state index contributed by atoms with van der Waals surface area (Å²) in [5.74, 6) is 0.838. The van der Waals surface area contributed by atoms with Gasteiger partial charge in [-0.1, -0.05) is 12.8 Å². The highest BCUT2D eigenvalue weighted by atomic mass is 16.3. The summed E-state index contributed by atoms with van der Waals surface area (Å²) in [6, 6.07) is 5.30. The van der Waals surface area contributed by atoms with Crippen molar-refractivity contribution in [3.05, 3.63) is 30.0 Å². The van der Waals surface area contributed by atoms with Crippen LogP contribution in [0.1, 0.15) is 63.9 Å². The molecule has 2 N–H and O–H groups in total. The van der Waals surface area contributed by atoms with Crippen molar-refractivity contribution in [2.24, 2.45) is 0 Å². The number of aryl methyl sites for hydroxylation is 1. The van der Waals surface area contributed by atoms with Crippen molar-refractivity contribution in [2.45, 2.75) is 64.7 Å². The molecule has 2 aromatic rings. The monoisotopic (exact) mass is 329 g/mol. The summed E-state index contributed by atoms with van der Waals surface area (Å²) >= 11 is 0. The Hall–Kier alpha value is -2.10. The van der Waals surface area contributed by atoms with Gasteiger partial charge in [0.1, 0.15) is 17.3 Å². The lowest BCUT2D eigenvalue weighted by molar-refractivity contribution is -0.119. The number of nitrogens with one attached hydrogen (secondary N) is 1. The Labute approximate surface area is 143 Å². The third-order valence-electron chi connectivity index (χ3n) is 4.39. The summed E-state index contributed by atoms with van der Waals surface area (Å²) < 4.78 is 0. The Kier molecular flexibility index (Phi) is 7.04. The molecule has 1 aromatic carbocycles. The molecule has 2 rings (SSSR count). The first kappa shape index (κ1) is 18.2. The van der Waals surface area contributed by atoms with E-state index in [1.807, 2.05) is 12.3 Å². The number of aromatic hydroxyl groups is 1. The van der Waals surface area contributed by atoms with Crippen molar-refractivity contribution >= 4 is 22.5 Å². The SMILES string of the molecule is CC(=O)CCCCCCC(=O)CCCc1c[nH]c2ccc(O)cc12. The molecule has 0 amide bonds. The van der Waals surface area contributed by atoms with E-state index in [9.17, 15) is 14.7 Å². The smallest absolute Gasteiger partial charge is 0.132 e. The molecule has 1 heterocycles. The number of fused-ring (bicyclic) bond motifs is 1. The van der Waals surface area contributed by atoms with Gasteiger partial charge >= 0.3 is 0 Å². The average Bonchev–Trinajstić information content (AvgIpc) is 2.93. The van der Waals surface area contributed by atoms with Crippen LogP contribution in [0.4, 0.5) is 0 Å². The second-order valence-electron chi connectivity index (χ2n) is 6.55. The quantitative estimate of drug-likeness (QED) is 0.587. The molecule has 0 radical (unpaired) electrons. The van der Waals surface area contributed by atoms with E-state index in [1.165, 1.54) is 0 Å². The number of H-pyrrole nitrogens is 1. The zero-order valence-corrected chi connectivity index (χ0v) is 14.4. The molecule has 0 fully saturated rings. The van der Waals surface area contributed by atoms with Gasteiger partial charge in [-0.25, -0.2) is 0 Å². The van der Waals surface area contributed by atoms with Gasteiger partial charge in [0.15, 0.2) is 0 Å². The first-order valence-corrected chi connectivity index (χ1v) is 8.86. The number of Topliss-reactive ketones (excluding diaryl/α,β-unsaturated/α-hetero) is 2. The normalized spacial score (nSPS) is 11.0. The van der Waals surface area contributed by atoms with E-state index in [0.717, 1.165) is 55.0 Å². The van der Waals surface area contributed by atoms with E-state index in [0.29, 0.717) is 25.0 Å². The number of phenols is 1. The van der Waals surface area contributed by atoms with E-state index in [-0.39, 0.29) is 11.5 Å². The van der Waals surface area contributed by atoms with Crippen LogP contribution in [0.3, 0.4) is 0 Å². The van der Waals surface area contributed by atoms with Gasteiger partial charge in [-0.2, -0.15) is 0 Å². The highest BCUT2D eigenvalue weighted by Gasteiger charge is 2.07. The second kappa shape index (κ2) is 9.26. The Morgan fingerprint density at radius 1 is 1.00 bits per heavy atom. The number of hydrogen-bond donors (Lipinski definition) is 2. The molecule has 0 spiro atoms. The minimum absolute atomic E-state index is 0.247. The van der Waals surface area contributed by atoms with Crippen molar-refractivity contribution in [3.8, 4) is 5.75 Å². The number of hydrogen-bond acceptors (Lipinski definition) is 3. The second-order valence-corrected chi connectivity index (χ2v) is 6.55. The lowest BCUT2D eigenvalue weighted by Gasteiger charge is -2.02. The number of aromatic nitrogens is 1. The minimum atomic E-state index is 0.247. The van der Waals surface area contributed by atoms with Crippen LogP contribution in [0.25, 0.3) is 10.9 Å². The molecule has 130 valence electrons. The fourth-order valence-electron chi connectivity index (χ4n) is 3.02. The Bertz CT molecular complexity index is 687. The number of unbranched alkanes of at least 4 members (excludes halogenated alkanes) is 3. The number of aromatic amines is 1. The maximum absolute atomic E-state index is 11.9. The Balaban J connectivity index is 1.63. The summed E-state index contributed by atoms with van der Waals surface area (Å²) in [6.07, 6.45) is 9.49. The van der Waals surface area contributed by atoms with Crippen molar-refractivity contribution in [1.82, 2.24) is 4.98 Å². The van der Waals surface area contributed by atoms with Gasteiger partial charge in [-0.15, -0.1) is 0 Å². The Morgan fingerprint density at radius 2 is 1.71 bits per heavy atom. The molecule has 0 aliphatic heterocycles. The molecule has 0 aliphatic carbocycles. The lowest BCUT2D eigenvalue weighted by Crippen LogP contribution is -1.99. The largest absolute Gasteiger partial charge is 0.508 e. The molecule has 24 heavy (non-hydrogen) atoms. The number of benzene rings is 1. The van der Waals surface area contributed by atoms with E-state index in [2.05, 4.69) is 4.98 Å². The topological polar surface area (TPSA) is 70.2 Å². The molecule has 0 aliphatic rings. The number of ketones is 2.